The second-order valence-corrected chi connectivity index (χ2v) is 9.82. The highest BCUT2D eigenvalue weighted by atomic mass is 16.3. The number of aliphatic hydroxyl groups is 1. The van der Waals surface area contributed by atoms with E-state index in [-0.39, 0.29) is 6.10 Å². The van der Waals surface area contributed by atoms with E-state index in [1.54, 1.807) is 0 Å². The third-order valence-corrected chi connectivity index (χ3v) is 8.63. The minimum absolute atomic E-state index is 0.0000147. The van der Waals surface area contributed by atoms with Crippen LogP contribution in [0.25, 0.3) is 0 Å². The highest BCUT2D eigenvalue weighted by Gasteiger charge is 2.58. The summed E-state index contributed by atoms with van der Waals surface area (Å²) in [6.07, 6.45) is 12.3. The molecule has 4 aliphatic rings. The van der Waals surface area contributed by atoms with Crippen LogP contribution in [0.2, 0.25) is 0 Å². The lowest BCUT2D eigenvalue weighted by atomic mass is 9.45. The number of hydrogen-bond acceptors (Lipinski definition) is 1. The molecule has 1 nitrogen and oxygen atoms in total. The minimum atomic E-state index is -0.0000147. The number of fused-ring (bicyclic) bond motifs is 5. The van der Waals surface area contributed by atoms with Crippen molar-refractivity contribution in [3.05, 3.63) is 0 Å². The van der Waals surface area contributed by atoms with Gasteiger partial charge < -0.3 is 5.11 Å². The molecule has 0 saturated heterocycles. The zero-order valence-electron chi connectivity index (χ0n) is 14.3. The molecule has 0 radical (unpaired) electrons. The van der Waals surface area contributed by atoms with Crippen LogP contribution in [-0.4, -0.2) is 11.2 Å². The van der Waals surface area contributed by atoms with Gasteiger partial charge in [0.05, 0.1) is 6.10 Å². The summed E-state index contributed by atoms with van der Waals surface area (Å²) in [5.41, 5.74) is 1.22. The van der Waals surface area contributed by atoms with Crippen molar-refractivity contribution in [2.24, 2.45) is 40.4 Å². The second-order valence-electron chi connectivity index (χ2n) is 9.82. The van der Waals surface area contributed by atoms with Gasteiger partial charge in [-0.2, -0.15) is 0 Å². The number of rotatable bonds is 0. The Morgan fingerprint density at radius 1 is 0.905 bits per heavy atom. The van der Waals surface area contributed by atoms with Gasteiger partial charge in [-0.3, -0.25) is 0 Å². The fourth-order valence-corrected chi connectivity index (χ4v) is 7.66. The van der Waals surface area contributed by atoms with E-state index < -0.39 is 0 Å². The Labute approximate surface area is 130 Å². The molecule has 4 saturated carbocycles. The van der Waals surface area contributed by atoms with E-state index in [0.717, 1.165) is 42.4 Å². The van der Waals surface area contributed by atoms with Gasteiger partial charge >= 0.3 is 0 Å². The third kappa shape index (κ3) is 2.06. The fourth-order valence-electron chi connectivity index (χ4n) is 7.66. The largest absolute Gasteiger partial charge is 0.393 e. The molecule has 21 heavy (non-hydrogen) atoms. The predicted molar refractivity (Wildman–Crippen MR) is 86.9 cm³/mol. The molecule has 0 aromatic carbocycles. The summed E-state index contributed by atoms with van der Waals surface area (Å²) in [6.45, 7) is 7.70. The van der Waals surface area contributed by atoms with E-state index in [1.165, 1.54) is 44.9 Å². The van der Waals surface area contributed by atoms with Crippen molar-refractivity contribution < 1.29 is 5.11 Å². The molecule has 4 rings (SSSR count). The maximum Gasteiger partial charge on any atom is 0.0543 e. The Kier molecular flexibility index (Phi) is 3.27. The summed E-state index contributed by atoms with van der Waals surface area (Å²) >= 11 is 0. The lowest BCUT2D eigenvalue weighted by Gasteiger charge is -2.60. The summed E-state index contributed by atoms with van der Waals surface area (Å²) in [7, 11) is 0. The van der Waals surface area contributed by atoms with Gasteiger partial charge in [-0.25, -0.2) is 0 Å². The minimum Gasteiger partial charge on any atom is -0.393 e. The van der Waals surface area contributed by atoms with Crippen LogP contribution in [-0.2, 0) is 0 Å². The molecule has 0 spiro atoms. The van der Waals surface area contributed by atoms with Crippen LogP contribution in [0.4, 0.5) is 0 Å². The molecule has 1 heteroatoms. The van der Waals surface area contributed by atoms with Gasteiger partial charge in [0.25, 0.3) is 0 Å². The van der Waals surface area contributed by atoms with E-state index in [0.29, 0.717) is 10.8 Å². The summed E-state index contributed by atoms with van der Waals surface area (Å²) in [4.78, 5) is 0. The molecule has 0 unspecified atom stereocenters. The zero-order valence-corrected chi connectivity index (χ0v) is 14.3. The lowest BCUT2D eigenvalue weighted by Crippen LogP contribution is -2.53. The van der Waals surface area contributed by atoms with E-state index in [1.807, 2.05) is 0 Å². The van der Waals surface area contributed by atoms with Crippen LogP contribution in [0.3, 0.4) is 0 Å². The Morgan fingerprint density at radius 3 is 2.52 bits per heavy atom. The van der Waals surface area contributed by atoms with Crippen LogP contribution in [0.15, 0.2) is 0 Å². The van der Waals surface area contributed by atoms with Crippen LogP contribution < -0.4 is 0 Å². The number of hydrogen-bond donors (Lipinski definition) is 1. The molecule has 0 heterocycles. The van der Waals surface area contributed by atoms with Gasteiger partial charge in [0.1, 0.15) is 0 Å². The Morgan fingerprint density at radius 2 is 1.71 bits per heavy atom. The monoisotopic (exact) mass is 290 g/mol. The van der Waals surface area contributed by atoms with E-state index in [2.05, 4.69) is 20.8 Å². The zero-order chi connectivity index (χ0) is 14.8. The Balaban J connectivity index is 1.62. The van der Waals surface area contributed by atoms with E-state index >= 15 is 0 Å². The molecule has 0 aliphatic heterocycles. The third-order valence-electron chi connectivity index (χ3n) is 8.63. The molecule has 0 aromatic rings. The molecule has 120 valence electrons. The molecule has 1 N–H and O–H groups in total. The molecule has 4 fully saturated rings. The highest BCUT2D eigenvalue weighted by Crippen LogP contribution is 2.66. The molecular formula is C20H34O. The first kappa shape index (κ1) is 14.5. The van der Waals surface area contributed by atoms with Crippen LogP contribution in [0.5, 0.6) is 0 Å². The van der Waals surface area contributed by atoms with Crippen molar-refractivity contribution in [3.8, 4) is 0 Å². The van der Waals surface area contributed by atoms with Crippen molar-refractivity contribution in [2.75, 3.05) is 0 Å². The van der Waals surface area contributed by atoms with Gasteiger partial charge in [0.2, 0.25) is 0 Å². The first-order chi connectivity index (χ1) is 9.92. The average Bonchev–Trinajstić information content (AvgIpc) is 2.74. The van der Waals surface area contributed by atoms with Crippen molar-refractivity contribution >= 4 is 0 Å². The van der Waals surface area contributed by atoms with Gasteiger partial charge in [0.15, 0.2) is 0 Å². The van der Waals surface area contributed by atoms with Gasteiger partial charge in [0, 0.05) is 0 Å². The van der Waals surface area contributed by atoms with Crippen molar-refractivity contribution in [1.29, 1.82) is 0 Å². The van der Waals surface area contributed by atoms with Crippen LogP contribution >= 0.6 is 0 Å². The quantitative estimate of drug-likeness (QED) is 0.663. The standard InChI is InChI=1S/C20H34O/c1-13-10-18-16-5-4-14-11-15(21)6-9-20(14,3)17(16)7-8-19(18,2)12-13/h13-18,21H,4-12H2,1-3H3/t13-,14+,15+,16-,17+,18+,19-,20+/m1/s1. The van der Waals surface area contributed by atoms with Crippen molar-refractivity contribution in [3.63, 3.8) is 0 Å². The van der Waals surface area contributed by atoms with E-state index in [9.17, 15) is 5.11 Å². The first-order valence-corrected chi connectivity index (χ1v) is 9.60. The molecule has 0 aromatic heterocycles. The number of aliphatic hydroxyl groups excluding tert-OH is 1. The highest BCUT2D eigenvalue weighted by molar-refractivity contribution is 5.08. The Bertz CT molecular complexity index is 418. The maximum atomic E-state index is 10.1. The normalized spacial score (nSPS) is 60.0. The molecule has 0 bridgehead atoms. The smallest absolute Gasteiger partial charge is 0.0543 e. The summed E-state index contributed by atoms with van der Waals surface area (Å²) in [5.74, 6) is 4.75. The average molecular weight is 290 g/mol. The van der Waals surface area contributed by atoms with Crippen molar-refractivity contribution in [1.82, 2.24) is 0 Å². The Hall–Kier alpha value is -0.0400. The van der Waals surface area contributed by atoms with Crippen LogP contribution in [0.1, 0.15) is 78.6 Å². The molecule has 8 atom stereocenters. The van der Waals surface area contributed by atoms with Crippen LogP contribution in [0, 0.1) is 40.4 Å². The van der Waals surface area contributed by atoms with Gasteiger partial charge in [-0.05, 0) is 98.2 Å². The summed E-state index contributed by atoms with van der Waals surface area (Å²) < 4.78 is 0. The van der Waals surface area contributed by atoms with Gasteiger partial charge in [-0.1, -0.05) is 20.8 Å². The molecule has 4 aliphatic carbocycles. The van der Waals surface area contributed by atoms with E-state index in [4.69, 9.17) is 0 Å². The topological polar surface area (TPSA) is 20.2 Å². The molecular weight excluding hydrogens is 256 g/mol. The predicted octanol–water partition coefficient (Wildman–Crippen LogP) is 5.03. The van der Waals surface area contributed by atoms with Gasteiger partial charge in [-0.15, -0.1) is 0 Å². The fraction of sp³-hybridized carbons (Fsp3) is 1.00. The SMILES string of the molecule is C[C@@H]1C[C@H]2[C@@H]3CC[C@H]4C[C@@H](O)CC[C@]4(C)[C@H]3CC[C@]2(C)C1. The second kappa shape index (κ2) is 4.73. The maximum absolute atomic E-state index is 10.1. The first-order valence-electron chi connectivity index (χ1n) is 9.60. The van der Waals surface area contributed by atoms with Crippen molar-refractivity contribution in [2.45, 2.75) is 84.7 Å². The lowest BCUT2D eigenvalue weighted by molar-refractivity contribution is -0.120. The summed E-state index contributed by atoms with van der Waals surface area (Å²) in [5, 5.41) is 10.1. The molecule has 0 amide bonds. The summed E-state index contributed by atoms with van der Waals surface area (Å²) in [6, 6.07) is 0.